The molecule has 0 bridgehead atoms. The second kappa shape index (κ2) is 8.09. The lowest BCUT2D eigenvalue weighted by Gasteiger charge is -2.04. The van der Waals surface area contributed by atoms with Crippen LogP contribution in [-0.2, 0) is 22.6 Å². The molecule has 2 heterocycles. The van der Waals surface area contributed by atoms with Crippen LogP contribution in [0, 0.1) is 6.92 Å². The molecule has 0 N–H and O–H groups in total. The standard InChI is InChI=1S/C19H17ClN2O5/c1-12-16(17(20)22(21-12)10-13-6-4-3-5-7-13)19(24)26-11-14-8-9-15(27-14)18(23)25-2/h3-9H,10-11H2,1-2H3. The summed E-state index contributed by atoms with van der Waals surface area (Å²) in [5, 5.41) is 4.52. The molecule has 7 nitrogen and oxygen atoms in total. The van der Waals surface area contributed by atoms with Gasteiger partial charge < -0.3 is 13.9 Å². The van der Waals surface area contributed by atoms with Gasteiger partial charge in [0.1, 0.15) is 23.1 Å². The lowest BCUT2D eigenvalue weighted by molar-refractivity contribution is 0.0437. The number of aromatic nitrogens is 2. The van der Waals surface area contributed by atoms with E-state index in [2.05, 4.69) is 9.84 Å². The van der Waals surface area contributed by atoms with Crippen LogP contribution < -0.4 is 0 Å². The fourth-order valence-electron chi connectivity index (χ4n) is 2.52. The van der Waals surface area contributed by atoms with E-state index in [1.807, 2.05) is 30.3 Å². The molecule has 0 radical (unpaired) electrons. The maximum Gasteiger partial charge on any atom is 0.373 e. The Bertz CT molecular complexity index is 962. The first kappa shape index (κ1) is 18.7. The topological polar surface area (TPSA) is 83.6 Å². The summed E-state index contributed by atoms with van der Waals surface area (Å²) >= 11 is 6.34. The molecule has 0 saturated carbocycles. The van der Waals surface area contributed by atoms with Gasteiger partial charge in [-0.1, -0.05) is 41.9 Å². The third-order valence-electron chi connectivity index (χ3n) is 3.84. The summed E-state index contributed by atoms with van der Waals surface area (Å²) in [5.74, 6) is -0.871. The van der Waals surface area contributed by atoms with Crippen molar-refractivity contribution >= 4 is 23.5 Å². The SMILES string of the molecule is COC(=O)c1ccc(COC(=O)c2c(C)nn(Cc3ccccc3)c2Cl)o1. The third-order valence-corrected chi connectivity index (χ3v) is 4.22. The molecule has 0 aliphatic heterocycles. The van der Waals surface area contributed by atoms with Gasteiger partial charge in [-0.3, -0.25) is 0 Å². The fourth-order valence-corrected chi connectivity index (χ4v) is 2.83. The molecule has 0 amide bonds. The molecule has 0 aliphatic carbocycles. The largest absolute Gasteiger partial charge is 0.463 e. The second-order valence-corrected chi connectivity index (χ2v) is 6.09. The molecular formula is C19H17ClN2O5. The van der Waals surface area contributed by atoms with E-state index in [4.69, 9.17) is 20.8 Å². The molecule has 27 heavy (non-hydrogen) atoms. The number of carbonyl (C=O) groups excluding carboxylic acids is 2. The van der Waals surface area contributed by atoms with E-state index in [0.717, 1.165) is 5.56 Å². The van der Waals surface area contributed by atoms with E-state index in [1.165, 1.54) is 19.2 Å². The van der Waals surface area contributed by atoms with Crippen molar-refractivity contribution in [1.82, 2.24) is 9.78 Å². The molecule has 0 aliphatic rings. The van der Waals surface area contributed by atoms with Crippen LogP contribution >= 0.6 is 11.6 Å². The number of hydrogen-bond donors (Lipinski definition) is 0. The van der Waals surface area contributed by atoms with Crippen molar-refractivity contribution in [2.75, 3.05) is 7.11 Å². The van der Waals surface area contributed by atoms with E-state index in [1.54, 1.807) is 11.6 Å². The van der Waals surface area contributed by atoms with Gasteiger partial charge in [-0.2, -0.15) is 5.10 Å². The predicted molar refractivity (Wildman–Crippen MR) is 96.7 cm³/mol. The maximum atomic E-state index is 12.4. The highest BCUT2D eigenvalue weighted by molar-refractivity contribution is 6.32. The van der Waals surface area contributed by atoms with Crippen LogP contribution in [-0.4, -0.2) is 28.8 Å². The molecule has 0 unspecified atom stereocenters. The smallest absolute Gasteiger partial charge is 0.373 e. The second-order valence-electron chi connectivity index (χ2n) is 5.73. The zero-order valence-corrected chi connectivity index (χ0v) is 15.5. The molecule has 8 heteroatoms. The van der Waals surface area contributed by atoms with Gasteiger partial charge >= 0.3 is 11.9 Å². The number of nitrogens with zero attached hydrogens (tertiary/aromatic N) is 2. The molecule has 140 valence electrons. The summed E-state index contributed by atoms with van der Waals surface area (Å²) in [6.07, 6.45) is 0. The van der Waals surface area contributed by atoms with Crippen LogP contribution in [0.3, 0.4) is 0 Å². The van der Waals surface area contributed by atoms with Gasteiger partial charge in [0, 0.05) is 0 Å². The average molecular weight is 389 g/mol. The molecule has 3 aromatic rings. The Labute approximate surface area is 160 Å². The van der Waals surface area contributed by atoms with Gasteiger partial charge in [0.05, 0.1) is 19.3 Å². The predicted octanol–water partition coefficient (Wildman–Crippen LogP) is 3.63. The van der Waals surface area contributed by atoms with E-state index >= 15 is 0 Å². The van der Waals surface area contributed by atoms with E-state index in [-0.39, 0.29) is 23.1 Å². The summed E-state index contributed by atoms with van der Waals surface area (Å²) in [6, 6.07) is 12.6. The molecule has 0 saturated heterocycles. The van der Waals surface area contributed by atoms with Crippen molar-refractivity contribution < 1.29 is 23.5 Å². The first-order valence-electron chi connectivity index (χ1n) is 8.10. The van der Waals surface area contributed by atoms with Crippen LogP contribution in [0.5, 0.6) is 0 Å². The van der Waals surface area contributed by atoms with Crippen molar-refractivity contribution in [3.63, 3.8) is 0 Å². The van der Waals surface area contributed by atoms with Crippen molar-refractivity contribution in [3.8, 4) is 0 Å². The summed E-state index contributed by atoms with van der Waals surface area (Å²) in [4.78, 5) is 23.8. The number of carbonyl (C=O) groups is 2. The van der Waals surface area contributed by atoms with Gasteiger partial charge in [-0.05, 0) is 24.6 Å². The summed E-state index contributed by atoms with van der Waals surface area (Å²) in [7, 11) is 1.25. The van der Waals surface area contributed by atoms with E-state index in [0.29, 0.717) is 18.0 Å². The zero-order valence-electron chi connectivity index (χ0n) is 14.8. The van der Waals surface area contributed by atoms with Gasteiger partial charge in [0.2, 0.25) is 5.76 Å². The number of ether oxygens (including phenoxy) is 2. The highest BCUT2D eigenvalue weighted by Crippen LogP contribution is 2.22. The van der Waals surface area contributed by atoms with Crippen LogP contribution in [0.2, 0.25) is 5.15 Å². The minimum absolute atomic E-state index is 0.0356. The number of methoxy groups -OCH3 is 1. The van der Waals surface area contributed by atoms with Crippen molar-refractivity contribution in [3.05, 3.63) is 76.0 Å². The quantitative estimate of drug-likeness (QED) is 0.599. The van der Waals surface area contributed by atoms with Gasteiger partial charge in [0.15, 0.2) is 0 Å². The first-order chi connectivity index (χ1) is 13.0. The summed E-state index contributed by atoms with van der Waals surface area (Å²) < 4.78 is 16.6. The number of esters is 2. The van der Waals surface area contributed by atoms with Crippen molar-refractivity contribution in [2.45, 2.75) is 20.1 Å². The zero-order chi connectivity index (χ0) is 19.4. The molecule has 1 aromatic carbocycles. The first-order valence-corrected chi connectivity index (χ1v) is 8.48. The number of benzene rings is 1. The number of furan rings is 1. The van der Waals surface area contributed by atoms with E-state index < -0.39 is 11.9 Å². The molecular weight excluding hydrogens is 372 g/mol. The van der Waals surface area contributed by atoms with Crippen LogP contribution in [0.25, 0.3) is 0 Å². The van der Waals surface area contributed by atoms with Crippen molar-refractivity contribution in [2.24, 2.45) is 0 Å². The molecule has 3 rings (SSSR count). The van der Waals surface area contributed by atoms with Crippen molar-refractivity contribution in [1.29, 1.82) is 0 Å². The lowest BCUT2D eigenvalue weighted by atomic mass is 10.2. The average Bonchev–Trinajstić information content (AvgIpc) is 3.25. The molecule has 2 aromatic heterocycles. The minimum atomic E-state index is -0.618. The van der Waals surface area contributed by atoms with Gasteiger partial charge in [-0.15, -0.1) is 0 Å². The maximum absolute atomic E-state index is 12.4. The lowest BCUT2D eigenvalue weighted by Crippen LogP contribution is -2.07. The highest BCUT2D eigenvalue weighted by Gasteiger charge is 2.22. The van der Waals surface area contributed by atoms with Gasteiger partial charge in [0.25, 0.3) is 0 Å². The van der Waals surface area contributed by atoms with E-state index in [9.17, 15) is 9.59 Å². The Morgan fingerprint density at radius 1 is 1.15 bits per heavy atom. The number of halogens is 1. The Morgan fingerprint density at radius 3 is 2.59 bits per heavy atom. The number of aryl methyl sites for hydroxylation is 1. The summed E-state index contributed by atoms with van der Waals surface area (Å²) in [6.45, 7) is 1.98. The monoisotopic (exact) mass is 388 g/mol. The highest BCUT2D eigenvalue weighted by atomic mass is 35.5. The fraction of sp³-hybridized carbons (Fsp3) is 0.211. The van der Waals surface area contributed by atoms with Crippen LogP contribution in [0.1, 0.15) is 37.9 Å². The van der Waals surface area contributed by atoms with Crippen LogP contribution in [0.15, 0.2) is 46.9 Å². The molecule has 0 atom stereocenters. The Kier molecular flexibility index (Phi) is 5.61. The number of hydrogen-bond acceptors (Lipinski definition) is 6. The Morgan fingerprint density at radius 2 is 1.89 bits per heavy atom. The molecule has 0 fully saturated rings. The summed E-state index contributed by atoms with van der Waals surface area (Å²) in [5.41, 5.74) is 1.68. The van der Waals surface area contributed by atoms with Gasteiger partial charge in [-0.25, -0.2) is 14.3 Å². The molecule has 0 spiro atoms. The Hall–Kier alpha value is -3.06. The number of rotatable bonds is 6. The minimum Gasteiger partial charge on any atom is -0.463 e. The normalized spacial score (nSPS) is 10.6. The van der Waals surface area contributed by atoms with Crippen LogP contribution in [0.4, 0.5) is 0 Å². The Balaban J connectivity index is 1.69. The third kappa shape index (κ3) is 4.20.